The highest BCUT2D eigenvalue weighted by molar-refractivity contribution is 6.18. The van der Waals surface area contributed by atoms with E-state index >= 15 is 0 Å². The summed E-state index contributed by atoms with van der Waals surface area (Å²) in [6, 6.07) is 48.4. The largest absolute Gasteiger partial charge is 0.367 e. The Morgan fingerprint density at radius 3 is 2.19 bits per heavy atom. The van der Waals surface area contributed by atoms with E-state index in [4.69, 9.17) is 0 Å². The quantitative estimate of drug-likeness (QED) is 0.238. The van der Waals surface area contributed by atoms with E-state index in [-0.39, 0.29) is 0 Å². The van der Waals surface area contributed by atoms with Gasteiger partial charge in [0.2, 0.25) is 0 Å². The van der Waals surface area contributed by atoms with Crippen molar-refractivity contribution in [2.24, 2.45) is 0 Å². The zero-order valence-electron chi connectivity index (χ0n) is 23.0. The minimum atomic E-state index is 0.820. The molecule has 3 nitrogen and oxygen atoms in total. The lowest BCUT2D eigenvalue weighted by Crippen LogP contribution is -2.08. The number of nitrogens with zero attached hydrogens (tertiary/aromatic N) is 2. The SMILES string of the molecule is C1=Cc2c(n(-c3ccccc3)c3c(-c4cccc5c4c4ccccc4n5-c4ccc5ccccc5c4)cccc23)NC1. The van der Waals surface area contributed by atoms with Gasteiger partial charge in [-0.05, 0) is 52.7 Å². The molecule has 0 radical (unpaired) electrons. The summed E-state index contributed by atoms with van der Waals surface area (Å²) in [5, 5.41) is 9.96. The van der Waals surface area contributed by atoms with Crippen molar-refractivity contribution < 1.29 is 0 Å². The second-order valence-electron chi connectivity index (χ2n) is 11.0. The fourth-order valence-corrected chi connectivity index (χ4v) is 6.93. The Hall–Kier alpha value is -5.54. The molecule has 0 unspecified atom stereocenters. The molecule has 0 spiro atoms. The molecule has 6 aromatic carbocycles. The standard InChI is InChI=1S/C39H27N3/c1-2-13-28(14-3-1)42-38-31(17-8-18-32(38)33-19-10-24-40-39(33)42)30-16-9-21-36-37(30)34-15-6-7-20-35(34)41(36)29-23-22-26-11-4-5-12-27(26)25-29/h1-23,25,40H,24H2. The van der Waals surface area contributed by atoms with Crippen molar-refractivity contribution >= 4 is 55.4 Å². The lowest BCUT2D eigenvalue weighted by molar-refractivity contribution is 1.10. The highest BCUT2D eigenvalue weighted by atomic mass is 15.1. The third-order valence-electron chi connectivity index (χ3n) is 8.69. The van der Waals surface area contributed by atoms with Gasteiger partial charge in [-0.3, -0.25) is 4.57 Å². The first-order valence-electron chi connectivity index (χ1n) is 14.5. The monoisotopic (exact) mass is 537 g/mol. The summed E-state index contributed by atoms with van der Waals surface area (Å²) in [5.41, 5.74) is 9.69. The summed E-state index contributed by atoms with van der Waals surface area (Å²) < 4.78 is 4.83. The van der Waals surface area contributed by atoms with Crippen molar-refractivity contribution in [1.29, 1.82) is 0 Å². The van der Waals surface area contributed by atoms with Crippen molar-refractivity contribution in [2.75, 3.05) is 11.9 Å². The van der Waals surface area contributed by atoms with Gasteiger partial charge in [0.15, 0.2) is 0 Å². The molecule has 198 valence electrons. The molecule has 0 bridgehead atoms. The van der Waals surface area contributed by atoms with Gasteiger partial charge in [0.05, 0.1) is 16.6 Å². The van der Waals surface area contributed by atoms with Crippen LogP contribution in [0.3, 0.4) is 0 Å². The van der Waals surface area contributed by atoms with Gasteiger partial charge in [-0.2, -0.15) is 0 Å². The molecule has 3 heterocycles. The van der Waals surface area contributed by atoms with Crippen LogP contribution < -0.4 is 5.32 Å². The lowest BCUT2D eigenvalue weighted by atomic mass is 9.96. The van der Waals surface area contributed by atoms with Gasteiger partial charge in [0.1, 0.15) is 5.82 Å². The van der Waals surface area contributed by atoms with Crippen LogP contribution >= 0.6 is 0 Å². The van der Waals surface area contributed by atoms with E-state index in [1.54, 1.807) is 0 Å². The number of para-hydroxylation sites is 3. The topological polar surface area (TPSA) is 21.9 Å². The third-order valence-corrected chi connectivity index (χ3v) is 8.69. The average molecular weight is 538 g/mol. The van der Waals surface area contributed by atoms with Crippen molar-refractivity contribution in [2.45, 2.75) is 0 Å². The van der Waals surface area contributed by atoms with Crippen LogP contribution in [-0.4, -0.2) is 15.7 Å². The highest BCUT2D eigenvalue weighted by Crippen LogP contribution is 2.44. The van der Waals surface area contributed by atoms with Gasteiger partial charge in [-0.15, -0.1) is 0 Å². The van der Waals surface area contributed by atoms with Crippen LogP contribution in [-0.2, 0) is 0 Å². The Labute approximate surface area is 243 Å². The molecule has 0 amide bonds. The van der Waals surface area contributed by atoms with E-state index in [1.165, 1.54) is 65.9 Å². The Bertz CT molecular complexity index is 2350. The van der Waals surface area contributed by atoms with Crippen molar-refractivity contribution in [3.8, 4) is 22.5 Å². The molecule has 0 saturated heterocycles. The first-order chi connectivity index (χ1) is 20.9. The van der Waals surface area contributed by atoms with E-state index in [0.717, 1.165) is 18.1 Å². The molecule has 1 aliphatic rings. The summed E-state index contributed by atoms with van der Waals surface area (Å²) >= 11 is 0. The summed E-state index contributed by atoms with van der Waals surface area (Å²) in [6.45, 7) is 0.820. The second kappa shape index (κ2) is 8.98. The maximum Gasteiger partial charge on any atom is 0.119 e. The molecule has 0 fully saturated rings. The molecule has 1 N–H and O–H groups in total. The summed E-state index contributed by atoms with van der Waals surface area (Å²) in [4.78, 5) is 0. The second-order valence-corrected chi connectivity index (χ2v) is 11.0. The number of aromatic nitrogens is 2. The minimum absolute atomic E-state index is 0.820. The van der Waals surface area contributed by atoms with Crippen LogP contribution in [0.25, 0.3) is 72.1 Å². The van der Waals surface area contributed by atoms with E-state index < -0.39 is 0 Å². The Kier molecular flexibility index (Phi) is 4.96. The molecular formula is C39H27N3. The van der Waals surface area contributed by atoms with Gasteiger partial charge < -0.3 is 9.88 Å². The number of nitrogens with one attached hydrogen (secondary N) is 1. The van der Waals surface area contributed by atoms with Crippen LogP contribution in [0.2, 0.25) is 0 Å². The predicted molar refractivity (Wildman–Crippen MR) is 178 cm³/mol. The smallest absolute Gasteiger partial charge is 0.119 e. The maximum absolute atomic E-state index is 3.68. The van der Waals surface area contributed by atoms with Gasteiger partial charge in [-0.25, -0.2) is 0 Å². The summed E-state index contributed by atoms with van der Waals surface area (Å²) in [5.74, 6) is 1.15. The molecular weight excluding hydrogens is 510 g/mol. The zero-order valence-corrected chi connectivity index (χ0v) is 23.0. The maximum atomic E-state index is 3.68. The van der Waals surface area contributed by atoms with E-state index in [9.17, 15) is 0 Å². The number of anilines is 1. The molecule has 0 aliphatic carbocycles. The fourth-order valence-electron chi connectivity index (χ4n) is 6.93. The Balaban J connectivity index is 1.40. The Morgan fingerprint density at radius 1 is 0.524 bits per heavy atom. The van der Waals surface area contributed by atoms with Gasteiger partial charge in [0.25, 0.3) is 0 Å². The number of hydrogen-bond acceptors (Lipinski definition) is 1. The first kappa shape index (κ1) is 23.2. The lowest BCUT2D eigenvalue weighted by Gasteiger charge is -2.16. The highest BCUT2D eigenvalue weighted by Gasteiger charge is 2.23. The molecule has 0 saturated carbocycles. The van der Waals surface area contributed by atoms with E-state index in [0.29, 0.717) is 0 Å². The molecule has 0 atom stereocenters. The molecule has 42 heavy (non-hydrogen) atoms. The molecule has 9 rings (SSSR count). The summed E-state index contributed by atoms with van der Waals surface area (Å²) in [6.07, 6.45) is 4.48. The van der Waals surface area contributed by atoms with Crippen LogP contribution in [0.15, 0.2) is 140 Å². The first-order valence-corrected chi connectivity index (χ1v) is 14.5. The zero-order chi connectivity index (χ0) is 27.6. The molecule has 3 heteroatoms. The van der Waals surface area contributed by atoms with Crippen LogP contribution in [0.4, 0.5) is 5.82 Å². The number of hydrogen-bond donors (Lipinski definition) is 1. The third kappa shape index (κ3) is 3.28. The molecule has 8 aromatic rings. The van der Waals surface area contributed by atoms with E-state index in [1.807, 2.05) is 0 Å². The van der Waals surface area contributed by atoms with Gasteiger partial charge in [0, 0.05) is 45.2 Å². The predicted octanol–water partition coefficient (Wildman–Crippen LogP) is 9.99. The molecule has 2 aromatic heterocycles. The normalized spacial score (nSPS) is 12.8. The Morgan fingerprint density at radius 2 is 1.26 bits per heavy atom. The molecule has 1 aliphatic heterocycles. The number of rotatable bonds is 3. The van der Waals surface area contributed by atoms with Crippen molar-refractivity contribution in [1.82, 2.24) is 9.13 Å². The van der Waals surface area contributed by atoms with Crippen molar-refractivity contribution in [3.63, 3.8) is 0 Å². The van der Waals surface area contributed by atoms with Crippen LogP contribution in [0.5, 0.6) is 0 Å². The van der Waals surface area contributed by atoms with Crippen molar-refractivity contribution in [3.05, 3.63) is 145 Å². The average Bonchev–Trinajstić information content (AvgIpc) is 3.58. The number of fused-ring (bicyclic) bond motifs is 7. The fraction of sp³-hybridized carbons (Fsp3) is 0.0256. The minimum Gasteiger partial charge on any atom is -0.367 e. The van der Waals surface area contributed by atoms with Gasteiger partial charge in [-0.1, -0.05) is 109 Å². The van der Waals surface area contributed by atoms with Crippen LogP contribution in [0.1, 0.15) is 5.56 Å². The number of benzene rings is 6. The van der Waals surface area contributed by atoms with Crippen LogP contribution in [0, 0.1) is 0 Å². The van der Waals surface area contributed by atoms with E-state index in [2.05, 4.69) is 160 Å². The van der Waals surface area contributed by atoms with Gasteiger partial charge >= 0.3 is 0 Å². The summed E-state index contributed by atoms with van der Waals surface area (Å²) in [7, 11) is 0.